The molecule has 1 fully saturated rings. The molecule has 7 nitrogen and oxygen atoms in total. The minimum absolute atomic E-state index is 0.0112. The lowest BCUT2D eigenvalue weighted by molar-refractivity contribution is 0.382. The zero-order valence-electron chi connectivity index (χ0n) is 11.7. The molecule has 0 atom stereocenters. The van der Waals surface area contributed by atoms with Crippen molar-refractivity contribution in [3.8, 4) is 11.6 Å². The van der Waals surface area contributed by atoms with Crippen LogP contribution in [0.15, 0.2) is 29.4 Å². The highest BCUT2D eigenvalue weighted by atomic mass is 32.2. The van der Waals surface area contributed by atoms with E-state index in [2.05, 4.69) is 10.1 Å². The summed E-state index contributed by atoms with van der Waals surface area (Å²) in [5.74, 6) is 0.532. The van der Waals surface area contributed by atoms with Crippen LogP contribution in [-0.2, 0) is 17.2 Å². The van der Waals surface area contributed by atoms with Gasteiger partial charge in [0.25, 0.3) is 5.88 Å². The van der Waals surface area contributed by atoms with Crippen LogP contribution >= 0.6 is 0 Å². The normalized spacial score (nSPS) is 15.0. The Bertz CT molecular complexity index is 765. The molecule has 0 amide bonds. The quantitative estimate of drug-likeness (QED) is 0.778. The van der Waals surface area contributed by atoms with Gasteiger partial charge in [-0.05, 0) is 25.0 Å². The molecule has 0 aliphatic heterocycles. The van der Waals surface area contributed by atoms with Gasteiger partial charge in [0.05, 0.1) is 12.8 Å². The predicted octanol–water partition coefficient (Wildman–Crippen LogP) is 1.47. The molecule has 0 unspecified atom stereocenters. The average molecular weight is 309 g/mol. The first-order chi connectivity index (χ1) is 10.0. The van der Waals surface area contributed by atoms with Crippen molar-refractivity contribution in [2.75, 3.05) is 7.11 Å². The summed E-state index contributed by atoms with van der Waals surface area (Å²) in [5.41, 5.74) is 0.785. The summed E-state index contributed by atoms with van der Waals surface area (Å²) in [5, 5.41) is 4.24. The Morgan fingerprint density at radius 2 is 2.14 bits per heavy atom. The summed E-state index contributed by atoms with van der Waals surface area (Å²) in [6, 6.07) is 4.77. The van der Waals surface area contributed by atoms with Gasteiger partial charge < -0.3 is 8.92 Å². The summed E-state index contributed by atoms with van der Waals surface area (Å²) in [6.45, 7) is 0. The smallest absolute Gasteiger partial charge is 0.358 e. The Labute approximate surface area is 122 Å². The summed E-state index contributed by atoms with van der Waals surface area (Å²) in [4.78, 5) is 3.89. The van der Waals surface area contributed by atoms with Crippen molar-refractivity contribution in [3.05, 3.63) is 30.1 Å². The van der Waals surface area contributed by atoms with Crippen molar-refractivity contribution in [1.82, 2.24) is 14.8 Å². The van der Waals surface area contributed by atoms with Gasteiger partial charge in [0, 0.05) is 25.2 Å². The average Bonchev–Trinajstić information content (AvgIpc) is 3.22. The van der Waals surface area contributed by atoms with E-state index in [-0.39, 0.29) is 16.7 Å². The topological polar surface area (TPSA) is 83.3 Å². The molecule has 1 aliphatic rings. The molecule has 8 heteroatoms. The van der Waals surface area contributed by atoms with E-state index in [0.717, 1.165) is 18.5 Å². The van der Waals surface area contributed by atoms with E-state index in [1.165, 1.54) is 18.0 Å². The highest BCUT2D eigenvalue weighted by Crippen LogP contribution is 2.40. The Kier molecular flexibility index (Phi) is 3.32. The van der Waals surface area contributed by atoms with Crippen molar-refractivity contribution in [2.45, 2.75) is 23.8 Å². The second-order valence-electron chi connectivity index (χ2n) is 4.85. The van der Waals surface area contributed by atoms with Gasteiger partial charge in [0.2, 0.25) is 0 Å². The van der Waals surface area contributed by atoms with E-state index in [1.54, 1.807) is 25.2 Å². The molecular weight excluding hydrogens is 294 g/mol. The number of hydrogen-bond acceptors (Lipinski definition) is 6. The fourth-order valence-electron chi connectivity index (χ4n) is 2.02. The molecule has 112 valence electrons. The first kappa shape index (κ1) is 13.9. The number of pyridine rings is 1. The van der Waals surface area contributed by atoms with Crippen molar-refractivity contribution >= 4 is 10.1 Å². The van der Waals surface area contributed by atoms with Crippen LogP contribution in [0, 0.1) is 0 Å². The fourth-order valence-corrected chi connectivity index (χ4v) is 3.07. The van der Waals surface area contributed by atoms with Gasteiger partial charge in [-0.2, -0.15) is 13.5 Å². The molecular formula is C13H15N3O4S. The highest BCUT2D eigenvalue weighted by Gasteiger charge is 2.31. The molecule has 2 heterocycles. The Hall–Kier alpha value is -2.09. The van der Waals surface area contributed by atoms with Crippen LogP contribution in [0.25, 0.3) is 0 Å². The third-order valence-corrected chi connectivity index (χ3v) is 4.52. The zero-order chi connectivity index (χ0) is 15.0. The number of nitrogens with zero attached hydrogens (tertiary/aromatic N) is 3. The number of rotatable bonds is 5. The summed E-state index contributed by atoms with van der Waals surface area (Å²) < 4.78 is 36.2. The SMILES string of the molecule is COc1cccnc1OS(=O)(=O)c1cc(C2CC2)nn1C. The van der Waals surface area contributed by atoms with E-state index in [9.17, 15) is 8.42 Å². The molecule has 0 saturated heterocycles. The maximum Gasteiger partial charge on any atom is 0.358 e. The maximum absolute atomic E-state index is 12.4. The molecule has 21 heavy (non-hydrogen) atoms. The van der Waals surface area contributed by atoms with Crippen molar-refractivity contribution < 1.29 is 17.3 Å². The second kappa shape index (κ2) is 5.03. The number of methoxy groups -OCH3 is 1. The first-order valence-corrected chi connectivity index (χ1v) is 7.89. The van der Waals surface area contributed by atoms with Crippen LogP contribution in [0.2, 0.25) is 0 Å². The molecule has 3 rings (SSSR count). The van der Waals surface area contributed by atoms with E-state index >= 15 is 0 Å². The second-order valence-corrected chi connectivity index (χ2v) is 6.35. The standard InChI is InChI=1S/C13H15N3O4S/c1-16-12(8-10(15-16)9-5-6-9)21(17,18)20-13-11(19-2)4-3-7-14-13/h3-4,7-9H,5-6H2,1-2H3. The Balaban J connectivity index is 1.93. The Morgan fingerprint density at radius 3 is 2.81 bits per heavy atom. The molecule has 1 aliphatic carbocycles. The van der Waals surface area contributed by atoms with Crippen LogP contribution in [0.5, 0.6) is 11.6 Å². The number of ether oxygens (including phenoxy) is 1. The van der Waals surface area contributed by atoms with Gasteiger partial charge in [-0.1, -0.05) is 0 Å². The zero-order valence-corrected chi connectivity index (χ0v) is 12.5. The lowest BCUT2D eigenvalue weighted by Gasteiger charge is -2.08. The molecule has 1 saturated carbocycles. The van der Waals surface area contributed by atoms with Crippen LogP contribution in [0.1, 0.15) is 24.5 Å². The molecule has 0 radical (unpaired) electrons. The number of aryl methyl sites for hydroxylation is 1. The maximum atomic E-state index is 12.4. The third-order valence-electron chi connectivity index (χ3n) is 3.25. The van der Waals surface area contributed by atoms with Crippen molar-refractivity contribution in [1.29, 1.82) is 0 Å². The monoisotopic (exact) mass is 309 g/mol. The molecule has 0 bridgehead atoms. The minimum atomic E-state index is -4.00. The van der Waals surface area contributed by atoms with Gasteiger partial charge in [0.15, 0.2) is 10.8 Å². The number of hydrogen-bond donors (Lipinski definition) is 0. The molecule has 0 N–H and O–H groups in total. The summed E-state index contributed by atoms with van der Waals surface area (Å²) in [7, 11) is -1.00. The van der Waals surface area contributed by atoms with E-state index in [0.29, 0.717) is 5.92 Å². The van der Waals surface area contributed by atoms with Crippen LogP contribution in [-0.4, -0.2) is 30.3 Å². The van der Waals surface area contributed by atoms with Gasteiger partial charge in [-0.25, -0.2) is 4.98 Å². The lowest BCUT2D eigenvalue weighted by atomic mass is 10.3. The Morgan fingerprint density at radius 1 is 1.38 bits per heavy atom. The van der Waals surface area contributed by atoms with E-state index in [4.69, 9.17) is 8.92 Å². The van der Waals surface area contributed by atoms with Crippen molar-refractivity contribution in [2.24, 2.45) is 7.05 Å². The molecule has 2 aromatic rings. The van der Waals surface area contributed by atoms with Crippen molar-refractivity contribution in [3.63, 3.8) is 0 Å². The fraction of sp³-hybridized carbons (Fsp3) is 0.385. The number of aromatic nitrogens is 3. The predicted molar refractivity (Wildman–Crippen MR) is 73.8 cm³/mol. The van der Waals surface area contributed by atoms with Gasteiger partial charge >= 0.3 is 10.1 Å². The van der Waals surface area contributed by atoms with Gasteiger partial charge in [-0.15, -0.1) is 0 Å². The van der Waals surface area contributed by atoms with Crippen LogP contribution in [0.3, 0.4) is 0 Å². The third kappa shape index (κ3) is 2.71. The van der Waals surface area contributed by atoms with Gasteiger partial charge in [-0.3, -0.25) is 4.68 Å². The van der Waals surface area contributed by atoms with E-state index in [1.807, 2.05) is 0 Å². The first-order valence-electron chi connectivity index (χ1n) is 6.48. The van der Waals surface area contributed by atoms with Crippen LogP contribution < -0.4 is 8.92 Å². The highest BCUT2D eigenvalue weighted by molar-refractivity contribution is 7.87. The van der Waals surface area contributed by atoms with E-state index < -0.39 is 10.1 Å². The van der Waals surface area contributed by atoms with Crippen LogP contribution in [0.4, 0.5) is 0 Å². The lowest BCUT2D eigenvalue weighted by Crippen LogP contribution is -2.15. The summed E-state index contributed by atoms with van der Waals surface area (Å²) >= 11 is 0. The summed E-state index contributed by atoms with van der Waals surface area (Å²) in [6.07, 6.45) is 3.53. The molecule has 0 aromatic carbocycles. The molecule has 0 spiro atoms. The largest absolute Gasteiger partial charge is 0.491 e. The molecule has 2 aromatic heterocycles. The minimum Gasteiger partial charge on any atom is -0.491 e. The van der Waals surface area contributed by atoms with Gasteiger partial charge in [0.1, 0.15) is 0 Å².